The van der Waals surface area contributed by atoms with Crippen molar-refractivity contribution < 1.29 is 14.9 Å². The summed E-state index contributed by atoms with van der Waals surface area (Å²) in [7, 11) is 0. The van der Waals surface area contributed by atoms with Crippen molar-refractivity contribution in [2.75, 3.05) is 0 Å². The molecular formula is C26H18N4O3. The van der Waals surface area contributed by atoms with Gasteiger partial charge < -0.3 is 24.9 Å². The summed E-state index contributed by atoms with van der Waals surface area (Å²) in [5.41, 5.74) is 5.14. The fraction of sp³-hybridized carbons (Fsp3) is 0. The van der Waals surface area contributed by atoms with Crippen LogP contribution in [-0.4, -0.2) is 30.1 Å². The fourth-order valence-electron chi connectivity index (χ4n) is 3.75. The summed E-state index contributed by atoms with van der Waals surface area (Å²) in [4.78, 5) is 15.8. The summed E-state index contributed by atoms with van der Waals surface area (Å²) in [6.45, 7) is 0. The van der Waals surface area contributed by atoms with E-state index in [0.717, 1.165) is 44.8 Å². The number of H-pyrrole nitrogens is 2. The van der Waals surface area contributed by atoms with E-state index in [4.69, 9.17) is 4.74 Å². The third-order valence-corrected chi connectivity index (χ3v) is 5.42. The highest BCUT2D eigenvalue weighted by atomic mass is 16.5. The van der Waals surface area contributed by atoms with E-state index in [9.17, 15) is 10.2 Å². The Labute approximate surface area is 188 Å². The van der Waals surface area contributed by atoms with Crippen molar-refractivity contribution in [2.45, 2.75) is 0 Å². The third kappa shape index (κ3) is 3.61. The number of hydrogen-bond donors (Lipinski definition) is 4. The van der Waals surface area contributed by atoms with Gasteiger partial charge in [-0.2, -0.15) is 0 Å². The average molecular weight is 434 g/mol. The minimum Gasteiger partial charge on any atom is -0.508 e. The molecule has 160 valence electrons. The minimum atomic E-state index is 0.218. The van der Waals surface area contributed by atoms with E-state index >= 15 is 0 Å². The number of ether oxygens (including phenoxy) is 1. The first kappa shape index (κ1) is 18.9. The van der Waals surface area contributed by atoms with E-state index in [1.165, 1.54) is 0 Å². The molecule has 0 unspecified atom stereocenters. The number of aromatic nitrogens is 4. The molecule has 2 aromatic heterocycles. The zero-order valence-corrected chi connectivity index (χ0v) is 17.3. The second kappa shape index (κ2) is 7.42. The van der Waals surface area contributed by atoms with Crippen LogP contribution in [0.4, 0.5) is 0 Å². The van der Waals surface area contributed by atoms with Crippen LogP contribution >= 0.6 is 0 Å². The molecule has 0 radical (unpaired) electrons. The standard InChI is InChI=1S/C26H18N4O3/c31-17-5-1-15(2-6-17)25-27-21-11-9-19(13-23(21)29-25)33-20-10-12-22-24(14-20)30-26(28-22)16-3-7-18(32)8-4-16/h1-14,31-32H,(H,27,29)(H,28,30). The summed E-state index contributed by atoms with van der Waals surface area (Å²) in [5.74, 6) is 3.25. The van der Waals surface area contributed by atoms with E-state index in [-0.39, 0.29) is 11.5 Å². The number of rotatable bonds is 4. The Balaban J connectivity index is 1.28. The topological polar surface area (TPSA) is 107 Å². The van der Waals surface area contributed by atoms with Crippen LogP contribution in [0, 0.1) is 0 Å². The molecule has 0 bridgehead atoms. The van der Waals surface area contributed by atoms with E-state index in [0.29, 0.717) is 11.5 Å². The number of imidazole rings is 2. The highest BCUT2D eigenvalue weighted by Gasteiger charge is 2.10. The molecule has 0 atom stereocenters. The number of aromatic amines is 2. The van der Waals surface area contributed by atoms with Crippen molar-refractivity contribution in [1.29, 1.82) is 0 Å². The molecule has 0 aliphatic carbocycles. The lowest BCUT2D eigenvalue weighted by molar-refractivity contribution is 0.475. The largest absolute Gasteiger partial charge is 0.508 e. The fourth-order valence-corrected chi connectivity index (χ4v) is 3.75. The number of phenolic OH excluding ortho intramolecular Hbond substituents is 2. The maximum absolute atomic E-state index is 9.49. The average Bonchev–Trinajstić information content (AvgIpc) is 3.44. The van der Waals surface area contributed by atoms with E-state index < -0.39 is 0 Å². The molecule has 0 saturated carbocycles. The van der Waals surface area contributed by atoms with Gasteiger partial charge in [0.25, 0.3) is 0 Å². The number of benzene rings is 4. The first-order valence-electron chi connectivity index (χ1n) is 10.4. The molecule has 7 nitrogen and oxygen atoms in total. The Hall–Kier alpha value is -4.78. The van der Waals surface area contributed by atoms with Crippen LogP contribution in [0.2, 0.25) is 0 Å². The maximum Gasteiger partial charge on any atom is 0.138 e. The number of hydrogen-bond acceptors (Lipinski definition) is 5. The zero-order valence-electron chi connectivity index (χ0n) is 17.3. The molecule has 7 heteroatoms. The van der Waals surface area contributed by atoms with Crippen molar-refractivity contribution in [3.63, 3.8) is 0 Å². The predicted octanol–water partition coefficient (Wildman–Crippen LogP) is 5.98. The van der Waals surface area contributed by atoms with Gasteiger partial charge in [0.2, 0.25) is 0 Å². The Morgan fingerprint density at radius 2 is 0.970 bits per heavy atom. The normalized spacial score (nSPS) is 11.3. The van der Waals surface area contributed by atoms with Gasteiger partial charge in [0.15, 0.2) is 0 Å². The Bertz CT molecular complexity index is 1480. The molecule has 0 saturated heterocycles. The molecule has 4 N–H and O–H groups in total. The molecule has 6 rings (SSSR count). The van der Waals surface area contributed by atoms with Gasteiger partial charge >= 0.3 is 0 Å². The van der Waals surface area contributed by atoms with Crippen molar-refractivity contribution in [3.05, 3.63) is 84.9 Å². The molecule has 0 amide bonds. The van der Waals surface area contributed by atoms with Gasteiger partial charge in [-0.25, -0.2) is 9.97 Å². The summed E-state index contributed by atoms with van der Waals surface area (Å²) >= 11 is 0. The number of phenols is 2. The zero-order chi connectivity index (χ0) is 22.4. The highest BCUT2D eigenvalue weighted by molar-refractivity contribution is 5.82. The van der Waals surface area contributed by atoms with Gasteiger partial charge in [-0.15, -0.1) is 0 Å². The van der Waals surface area contributed by atoms with Gasteiger partial charge in [0, 0.05) is 23.3 Å². The van der Waals surface area contributed by atoms with Crippen LogP contribution in [0.5, 0.6) is 23.0 Å². The lowest BCUT2D eigenvalue weighted by Gasteiger charge is -2.05. The minimum absolute atomic E-state index is 0.218. The summed E-state index contributed by atoms with van der Waals surface area (Å²) < 4.78 is 6.09. The van der Waals surface area contributed by atoms with Crippen molar-refractivity contribution in [3.8, 4) is 45.8 Å². The van der Waals surface area contributed by atoms with Crippen LogP contribution in [-0.2, 0) is 0 Å². The molecule has 0 fully saturated rings. The maximum atomic E-state index is 9.49. The van der Waals surface area contributed by atoms with Crippen molar-refractivity contribution >= 4 is 22.1 Å². The highest BCUT2D eigenvalue weighted by Crippen LogP contribution is 2.30. The van der Waals surface area contributed by atoms with Crippen LogP contribution in [0.1, 0.15) is 0 Å². The van der Waals surface area contributed by atoms with Crippen LogP contribution in [0.25, 0.3) is 44.8 Å². The predicted molar refractivity (Wildman–Crippen MR) is 126 cm³/mol. The number of nitrogens with one attached hydrogen (secondary N) is 2. The van der Waals surface area contributed by atoms with E-state index in [1.54, 1.807) is 24.3 Å². The van der Waals surface area contributed by atoms with Crippen molar-refractivity contribution in [2.24, 2.45) is 0 Å². The molecule has 33 heavy (non-hydrogen) atoms. The molecular weight excluding hydrogens is 416 g/mol. The van der Waals surface area contributed by atoms with Gasteiger partial charge in [-0.1, -0.05) is 0 Å². The molecule has 0 aliphatic heterocycles. The Kier molecular flexibility index (Phi) is 4.26. The number of fused-ring (bicyclic) bond motifs is 2. The molecule has 6 aromatic rings. The number of aromatic hydroxyl groups is 2. The first-order valence-corrected chi connectivity index (χ1v) is 10.4. The smallest absolute Gasteiger partial charge is 0.138 e. The SMILES string of the molecule is Oc1ccc(-c2nc3ccc(Oc4ccc5nc(-c6ccc(O)cc6)[nH]c5c4)cc3[nH]2)cc1. The molecule has 2 heterocycles. The monoisotopic (exact) mass is 434 g/mol. The van der Waals surface area contributed by atoms with Gasteiger partial charge in [0.05, 0.1) is 22.1 Å². The van der Waals surface area contributed by atoms with E-state index in [1.807, 2.05) is 60.7 Å². The van der Waals surface area contributed by atoms with Crippen LogP contribution in [0.3, 0.4) is 0 Å². The van der Waals surface area contributed by atoms with Gasteiger partial charge in [0.1, 0.15) is 34.6 Å². The van der Waals surface area contributed by atoms with Crippen LogP contribution < -0.4 is 4.74 Å². The number of nitrogens with zero attached hydrogens (tertiary/aromatic N) is 2. The Morgan fingerprint density at radius 3 is 1.39 bits per heavy atom. The third-order valence-electron chi connectivity index (χ3n) is 5.42. The second-order valence-electron chi connectivity index (χ2n) is 7.72. The van der Waals surface area contributed by atoms with Gasteiger partial charge in [-0.05, 0) is 72.8 Å². The van der Waals surface area contributed by atoms with Crippen molar-refractivity contribution in [1.82, 2.24) is 19.9 Å². The Morgan fingerprint density at radius 1 is 0.545 bits per heavy atom. The lowest BCUT2D eigenvalue weighted by Crippen LogP contribution is -1.84. The summed E-state index contributed by atoms with van der Waals surface area (Å²) in [6, 6.07) is 25.2. The molecule has 4 aromatic carbocycles. The summed E-state index contributed by atoms with van der Waals surface area (Å²) in [5, 5.41) is 19.0. The molecule has 0 spiro atoms. The van der Waals surface area contributed by atoms with E-state index in [2.05, 4.69) is 19.9 Å². The lowest BCUT2D eigenvalue weighted by atomic mass is 10.2. The van der Waals surface area contributed by atoms with Crippen LogP contribution in [0.15, 0.2) is 84.9 Å². The van der Waals surface area contributed by atoms with Gasteiger partial charge in [-0.3, -0.25) is 0 Å². The quantitative estimate of drug-likeness (QED) is 0.273. The first-order chi connectivity index (χ1) is 16.1. The second-order valence-corrected chi connectivity index (χ2v) is 7.72. The molecule has 0 aliphatic rings. The summed E-state index contributed by atoms with van der Waals surface area (Å²) in [6.07, 6.45) is 0.